The van der Waals surface area contributed by atoms with E-state index >= 15 is 0 Å². The van der Waals surface area contributed by atoms with E-state index in [0.717, 1.165) is 5.56 Å². The number of benzene rings is 2. The second-order valence-corrected chi connectivity index (χ2v) is 6.60. The molecule has 2 unspecified atom stereocenters. The Hall–Kier alpha value is -2.83. The molecule has 0 amide bonds. The lowest BCUT2D eigenvalue weighted by molar-refractivity contribution is 0.391. The number of nitrogens with one attached hydrogen (secondary N) is 2. The normalized spacial score (nSPS) is 18.5. The zero-order valence-electron chi connectivity index (χ0n) is 16.3. The maximum absolute atomic E-state index is 14.0. The van der Waals surface area contributed by atoms with Gasteiger partial charge in [0.1, 0.15) is 23.1 Å². The van der Waals surface area contributed by atoms with E-state index < -0.39 is 11.6 Å². The Bertz CT molecular complexity index is 837. The fourth-order valence-electron chi connectivity index (χ4n) is 3.18. The summed E-state index contributed by atoms with van der Waals surface area (Å²) >= 11 is 0. The third-order valence-electron chi connectivity index (χ3n) is 4.73. The first kappa shape index (κ1) is 19.9. The van der Waals surface area contributed by atoms with Crippen LogP contribution in [0.2, 0.25) is 0 Å². The quantitative estimate of drug-likeness (QED) is 0.561. The van der Waals surface area contributed by atoms with Gasteiger partial charge in [0, 0.05) is 35.7 Å². The molecule has 7 heteroatoms. The minimum Gasteiger partial charge on any atom is -0.497 e. The van der Waals surface area contributed by atoms with Crippen LogP contribution in [0.5, 0.6) is 11.5 Å². The van der Waals surface area contributed by atoms with E-state index in [2.05, 4.69) is 15.6 Å². The molecule has 28 heavy (non-hydrogen) atoms. The Morgan fingerprint density at radius 3 is 2.54 bits per heavy atom. The van der Waals surface area contributed by atoms with Gasteiger partial charge < -0.3 is 20.1 Å². The van der Waals surface area contributed by atoms with Crippen molar-refractivity contribution in [3.8, 4) is 11.5 Å². The van der Waals surface area contributed by atoms with Crippen LogP contribution in [0.25, 0.3) is 0 Å². The maximum atomic E-state index is 14.0. The van der Waals surface area contributed by atoms with Gasteiger partial charge in [0.2, 0.25) is 0 Å². The molecule has 0 saturated heterocycles. The summed E-state index contributed by atoms with van der Waals surface area (Å²) in [6.45, 7) is 3.04. The predicted molar refractivity (Wildman–Crippen MR) is 105 cm³/mol. The largest absolute Gasteiger partial charge is 0.497 e. The summed E-state index contributed by atoms with van der Waals surface area (Å²) in [5.74, 6) is 0.808. The Labute approximate surface area is 163 Å². The van der Waals surface area contributed by atoms with Crippen molar-refractivity contribution in [1.82, 2.24) is 10.6 Å². The van der Waals surface area contributed by atoms with Gasteiger partial charge in [-0.1, -0.05) is 6.07 Å². The van der Waals surface area contributed by atoms with Crippen molar-refractivity contribution in [2.75, 3.05) is 20.8 Å². The lowest BCUT2D eigenvalue weighted by atomic mass is 10.1. The molecular formula is C21H25F2N3O2. The molecule has 2 aromatic carbocycles. The smallest absolute Gasteiger partial charge is 0.191 e. The molecular weight excluding hydrogens is 364 g/mol. The van der Waals surface area contributed by atoms with Gasteiger partial charge in [-0.3, -0.25) is 0 Å². The Balaban J connectivity index is 1.69. The van der Waals surface area contributed by atoms with E-state index in [1.54, 1.807) is 14.2 Å². The highest BCUT2D eigenvalue weighted by molar-refractivity contribution is 5.80. The van der Waals surface area contributed by atoms with Gasteiger partial charge in [0.15, 0.2) is 5.96 Å². The summed E-state index contributed by atoms with van der Waals surface area (Å²) in [5, 5.41) is 6.44. The second kappa shape index (κ2) is 8.91. The zero-order valence-corrected chi connectivity index (χ0v) is 16.3. The molecule has 5 nitrogen and oxygen atoms in total. The van der Waals surface area contributed by atoms with E-state index in [-0.39, 0.29) is 17.5 Å². The SMILES string of the molecule is CCNC(=NCc1ccc(OC)cc1OC)NC1CC1c1c(F)cccc1F. The molecule has 2 N–H and O–H groups in total. The number of halogens is 2. The summed E-state index contributed by atoms with van der Waals surface area (Å²) in [6.07, 6.45) is 0.661. The minimum atomic E-state index is -0.501. The van der Waals surface area contributed by atoms with Crippen molar-refractivity contribution in [2.45, 2.75) is 31.8 Å². The van der Waals surface area contributed by atoms with Gasteiger partial charge in [0.25, 0.3) is 0 Å². The molecule has 2 atom stereocenters. The molecule has 150 valence electrons. The fourth-order valence-corrected chi connectivity index (χ4v) is 3.18. The summed E-state index contributed by atoms with van der Waals surface area (Å²) < 4.78 is 38.6. The molecule has 0 spiro atoms. The third kappa shape index (κ3) is 4.52. The molecule has 0 aromatic heterocycles. The van der Waals surface area contributed by atoms with Crippen LogP contribution in [0.1, 0.15) is 30.4 Å². The fraction of sp³-hybridized carbons (Fsp3) is 0.381. The molecule has 1 aliphatic rings. The lowest BCUT2D eigenvalue weighted by Gasteiger charge is -2.13. The van der Waals surface area contributed by atoms with Crippen LogP contribution in [-0.2, 0) is 6.54 Å². The zero-order chi connectivity index (χ0) is 20.1. The highest BCUT2D eigenvalue weighted by atomic mass is 19.1. The molecule has 0 bridgehead atoms. The van der Waals surface area contributed by atoms with Crippen LogP contribution >= 0.6 is 0 Å². The van der Waals surface area contributed by atoms with E-state index in [0.29, 0.717) is 37.0 Å². The topological polar surface area (TPSA) is 54.9 Å². The summed E-state index contributed by atoms with van der Waals surface area (Å²) in [4.78, 5) is 4.59. The molecule has 0 aliphatic heterocycles. The average Bonchev–Trinajstić information content (AvgIpc) is 3.44. The first-order chi connectivity index (χ1) is 13.6. The lowest BCUT2D eigenvalue weighted by Crippen LogP contribution is -2.39. The van der Waals surface area contributed by atoms with Crippen molar-refractivity contribution in [2.24, 2.45) is 4.99 Å². The maximum Gasteiger partial charge on any atom is 0.191 e. The van der Waals surface area contributed by atoms with Crippen LogP contribution < -0.4 is 20.1 Å². The van der Waals surface area contributed by atoms with Crippen LogP contribution in [0.3, 0.4) is 0 Å². The number of hydrogen-bond acceptors (Lipinski definition) is 3. The van der Waals surface area contributed by atoms with E-state index in [9.17, 15) is 8.78 Å². The number of hydrogen-bond donors (Lipinski definition) is 2. The number of aliphatic imine (C=N–C) groups is 1. The predicted octanol–water partition coefficient (Wildman–Crippen LogP) is 3.59. The van der Waals surface area contributed by atoms with Gasteiger partial charge in [-0.05, 0) is 37.6 Å². The number of rotatable bonds is 7. The summed E-state index contributed by atoms with van der Waals surface area (Å²) in [5.41, 5.74) is 1.06. The highest BCUT2D eigenvalue weighted by Crippen LogP contribution is 2.43. The van der Waals surface area contributed by atoms with Crippen molar-refractivity contribution in [1.29, 1.82) is 0 Å². The molecule has 1 aliphatic carbocycles. The molecule has 0 heterocycles. The summed E-state index contributed by atoms with van der Waals surface area (Å²) in [6, 6.07) is 9.48. The summed E-state index contributed by atoms with van der Waals surface area (Å²) in [7, 11) is 3.20. The number of guanidine groups is 1. The van der Waals surface area contributed by atoms with Gasteiger partial charge in [-0.15, -0.1) is 0 Å². The Kier molecular flexibility index (Phi) is 6.34. The van der Waals surface area contributed by atoms with Gasteiger partial charge in [-0.25, -0.2) is 13.8 Å². The standard InChI is InChI=1S/C21H25F2N3O2/c1-4-24-21(25-12-13-8-9-14(27-2)10-19(13)28-3)26-18-11-15(18)20-16(22)6-5-7-17(20)23/h5-10,15,18H,4,11-12H2,1-3H3,(H2,24,25,26). The first-order valence-electron chi connectivity index (χ1n) is 9.27. The second-order valence-electron chi connectivity index (χ2n) is 6.60. The minimum absolute atomic E-state index is 0.0537. The molecule has 2 aromatic rings. The number of nitrogens with zero attached hydrogens (tertiary/aromatic N) is 1. The third-order valence-corrected chi connectivity index (χ3v) is 4.73. The van der Waals surface area contributed by atoms with E-state index in [4.69, 9.17) is 9.47 Å². The van der Waals surface area contributed by atoms with Crippen LogP contribution in [0, 0.1) is 11.6 Å². The van der Waals surface area contributed by atoms with E-state index in [1.165, 1.54) is 18.2 Å². The van der Waals surface area contributed by atoms with Crippen molar-refractivity contribution in [3.63, 3.8) is 0 Å². The molecule has 0 radical (unpaired) electrons. The monoisotopic (exact) mass is 389 g/mol. The van der Waals surface area contributed by atoms with E-state index in [1.807, 2.05) is 25.1 Å². The van der Waals surface area contributed by atoms with Gasteiger partial charge in [-0.2, -0.15) is 0 Å². The molecule has 3 rings (SSSR count). The van der Waals surface area contributed by atoms with Crippen LogP contribution in [0.4, 0.5) is 8.78 Å². The Morgan fingerprint density at radius 2 is 1.89 bits per heavy atom. The van der Waals surface area contributed by atoms with Gasteiger partial charge >= 0.3 is 0 Å². The van der Waals surface area contributed by atoms with Crippen molar-refractivity contribution in [3.05, 3.63) is 59.2 Å². The van der Waals surface area contributed by atoms with Crippen molar-refractivity contribution >= 4 is 5.96 Å². The van der Waals surface area contributed by atoms with Crippen LogP contribution in [0.15, 0.2) is 41.4 Å². The number of ether oxygens (including phenoxy) is 2. The Morgan fingerprint density at radius 1 is 1.14 bits per heavy atom. The molecule has 1 saturated carbocycles. The number of methoxy groups -OCH3 is 2. The van der Waals surface area contributed by atoms with Crippen molar-refractivity contribution < 1.29 is 18.3 Å². The average molecular weight is 389 g/mol. The first-order valence-corrected chi connectivity index (χ1v) is 9.27. The molecule has 1 fully saturated rings. The van der Waals surface area contributed by atoms with Gasteiger partial charge in [0.05, 0.1) is 20.8 Å². The van der Waals surface area contributed by atoms with Crippen LogP contribution in [-0.4, -0.2) is 32.8 Å². The highest BCUT2D eigenvalue weighted by Gasteiger charge is 2.42.